The van der Waals surface area contributed by atoms with E-state index in [9.17, 15) is 13.2 Å². The van der Waals surface area contributed by atoms with E-state index in [1.807, 2.05) is 18.2 Å². The molecule has 33 heavy (non-hydrogen) atoms. The summed E-state index contributed by atoms with van der Waals surface area (Å²) in [6.45, 7) is 3.94. The molecular weight excluding hydrogens is 421 g/mol. The summed E-state index contributed by atoms with van der Waals surface area (Å²) in [6.07, 6.45) is 7.59. The minimum Gasteiger partial charge on any atom is -0.315 e. The molecule has 0 spiro atoms. The lowest BCUT2D eigenvalue weighted by Gasteiger charge is -2.28. The molecule has 0 N–H and O–H groups in total. The van der Waals surface area contributed by atoms with Crippen molar-refractivity contribution >= 4 is 0 Å². The van der Waals surface area contributed by atoms with Crippen molar-refractivity contribution in [3.8, 4) is 0 Å². The minimum absolute atomic E-state index is 0.185. The number of aryl methyl sites for hydroxylation is 1. The molecule has 0 amide bonds. The van der Waals surface area contributed by atoms with E-state index in [1.165, 1.54) is 38.2 Å². The summed E-state index contributed by atoms with van der Waals surface area (Å²) in [4.78, 5) is 0. The standard InChI is InChI=1S/C29H39F3O/c1-3-5-6-8-23-9-11-24(12-10-23)20-29(31,32)33-21-27-18-17-26(19-28(27)30)25-15-13-22(7-4-2)14-16-25/h9-12,17-19,22,25H,3-8,13-16,20-21H2,1-2H3. The van der Waals surface area contributed by atoms with Gasteiger partial charge in [0, 0.05) is 5.56 Å². The highest BCUT2D eigenvalue weighted by Gasteiger charge is 2.31. The Labute approximate surface area is 197 Å². The van der Waals surface area contributed by atoms with E-state index < -0.39 is 25.0 Å². The SMILES string of the molecule is CCCCCc1ccc(CC(F)(F)OCc2ccc(C3CCC(CCC)CC3)cc2F)cc1. The highest BCUT2D eigenvalue weighted by Crippen LogP contribution is 2.38. The van der Waals surface area contributed by atoms with Gasteiger partial charge in [0.1, 0.15) is 5.82 Å². The first-order valence-corrected chi connectivity index (χ1v) is 12.8. The summed E-state index contributed by atoms with van der Waals surface area (Å²) in [5, 5.41) is 0. The van der Waals surface area contributed by atoms with Gasteiger partial charge in [-0.05, 0) is 73.1 Å². The van der Waals surface area contributed by atoms with Gasteiger partial charge in [-0.2, -0.15) is 8.78 Å². The molecule has 0 radical (unpaired) electrons. The summed E-state index contributed by atoms with van der Waals surface area (Å²) < 4.78 is 48.3. The number of hydrogen-bond acceptors (Lipinski definition) is 1. The van der Waals surface area contributed by atoms with Gasteiger partial charge in [0.25, 0.3) is 0 Å². The largest absolute Gasteiger partial charge is 0.360 e. The van der Waals surface area contributed by atoms with Crippen molar-refractivity contribution in [1.82, 2.24) is 0 Å². The summed E-state index contributed by atoms with van der Waals surface area (Å²) in [7, 11) is 0. The summed E-state index contributed by atoms with van der Waals surface area (Å²) in [6, 6.07) is 12.3. The van der Waals surface area contributed by atoms with Crippen LogP contribution in [-0.2, 0) is 24.2 Å². The number of halogens is 3. The highest BCUT2D eigenvalue weighted by molar-refractivity contribution is 5.27. The van der Waals surface area contributed by atoms with Crippen molar-refractivity contribution in [2.75, 3.05) is 0 Å². The molecule has 2 aromatic rings. The molecule has 0 bridgehead atoms. The van der Waals surface area contributed by atoms with Gasteiger partial charge < -0.3 is 4.74 Å². The molecule has 182 valence electrons. The zero-order chi connectivity index (χ0) is 23.7. The van der Waals surface area contributed by atoms with Crippen molar-refractivity contribution in [3.05, 3.63) is 70.5 Å². The van der Waals surface area contributed by atoms with E-state index in [2.05, 4.69) is 13.8 Å². The van der Waals surface area contributed by atoms with E-state index in [0.29, 0.717) is 11.5 Å². The van der Waals surface area contributed by atoms with Crippen LogP contribution in [0.5, 0.6) is 0 Å². The predicted octanol–water partition coefficient (Wildman–Crippen LogP) is 8.98. The molecule has 3 rings (SSSR count). The Balaban J connectivity index is 1.50. The third kappa shape index (κ3) is 8.17. The molecule has 1 saturated carbocycles. The monoisotopic (exact) mass is 460 g/mol. The van der Waals surface area contributed by atoms with Crippen LogP contribution in [0.2, 0.25) is 0 Å². The van der Waals surface area contributed by atoms with Gasteiger partial charge in [-0.25, -0.2) is 4.39 Å². The smallest absolute Gasteiger partial charge is 0.315 e. The second-order valence-corrected chi connectivity index (χ2v) is 9.73. The molecule has 0 aliphatic heterocycles. The molecule has 0 aromatic heterocycles. The Morgan fingerprint density at radius 2 is 1.58 bits per heavy atom. The molecule has 0 unspecified atom stereocenters. The van der Waals surface area contributed by atoms with E-state index >= 15 is 0 Å². The maximum absolute atomic E-state index is 14.7. The Hall–Kier alpha value is -1.81. The normalized spacial score (nSPS) is 19.1. The van der Waals surface area contributed by atoms with Gasteiger partial charge in [0.15, 0.2) is 0 Å². The maximum atomic E-state index is 14.7. The summed E-state index contributed by atoms with van der Waals surface area (Å²) in [5.74, 6) is 0.715. The predicted molar refractivity (Wildman–Crippen MR) is 129 cm³/mol. The van der Waals surface area contributed by atoms with E-state index in [-0.39, 0.29) is 5.56 Å². The van der Waals surface area contributed by atoms with Crippen molar-refractivity contribution in [2.24, 2.45) is 5.92 Å². The number of benzene rings is 2. The highest BCUT2D eigenvalue weighted by atomic mass is 19.3. The van der Waals surface area contributed by atoms with Gasteiger partial charge in [-0.1, -0.05) is 75.9 Å². The number of hydrogen-bond donors (Lipinski definition) is 0. The van der Waals surface area contributed by atoms with Gasteiger partial charge in [0.2, 0.25) is 0 Å². The minimum atomic E-state index is -3.34. The quantitative estimate of drug-likeness (QED) is 0.287. The van der Waals surface area contributed by atoms with Crippen LogP contribution in [-0.4, -0.2) is 6.11 Å². The summed E-state index contributed by atoms with van der Waals surface area (Å²) in [5.41, 5.74) is 2.85. The van der Waals surface area contributed by atoms with Crippen LogP contribution in [0.1, 0.15) is 99.8 Å². The second-order valence-electron chi connectivity index (χ2n) is 9.73. The van der Waals surface area contributed by atoms with Crippen LogP contribution in [0.25, 0.3) is 0 Å². The van der Waals surface area contributed by atoms with Gasteiger partial charge in [-0.3, -0.25) is 0 Å². The van der Waals surface area contributed by atoms with E-state index in [0.717, 1.165) is 49.1 Å². The molecule has 0 saturated heterocycles. The lowest BCUT2D eigenvalue weighted by molar-refractivity contribution is -0.244. The fraction of sp³-hybridized carbons (Fsp3) is 0.586. The Kier molecular flexibility index (Phi) is 9.85. The topological polar surface area (TPSA) is 9.23 Å². The Morgan fingerprint density at radius 1 is 0.879 bits per heavy atom. The fourth-order valence-corrected chi connectivity index (χ4v) is 5.00. The zero-order valence-corrected chi connectivity index (χ0v) is 20.2. The molecule has 4 heteroatoms. The van der Waals surface area contributed by atoms with Crippen LogP contribution in [0, 0.1) is 11.7 Å². The molecule has 2 aromatic carbocycles. The van der Waals surface area contributed by atoms with Crippen LogP contribution in [0.4, 0.5) is 13.2 Å². The van der Waals surface area contributed by atoms with E-state index in [1.54, 1.807) is 18.2 Å². The van der Waals surface area contributed by atoms with Gasteiger partial charge in [0.05, 0.1) is 13.0 Å². The molecule has 1 aliphatic carbocycles. The average Bonchev–Trinajstić information content (AvgIpc) is 2.80. The first kappa shape index (κ1) is 25.8. The molecule has 0 heterocycles. The number of ether oxygens (including phenoxy) is 1. The summed E-state index contributed by atoms with van der Waals surface area (Å²) >= 11 is 0. The van der Waals surface area contributed by atoms with Crippen molar-refractivity contribution in [3.63, 3.8) is 0 Å². The van der Waals surface area contributed by atoms with Gasteiger partial charge >= 0.3 is 6.11 Å². The first-order chi connectivity index (χ1) is 15.9. The zero-order valence-electron chi connectivity index (χ0n) is 20.2. The van der Waals surface area contributed by atoms with Gasteiger partial charge in [-0.15, -0.1) is 0 Å². The van der Waals surface area contributed by atoms with Crippen LogP contribution in [0.3, 0.4) is 0 Å². The van der Waals surface area contributed by atoms with Crippen LogP contribution < -0.4 is 0 Å². The molecule has 1 fully saturated rings. The molecule has 1 nitrogen and oxygen atoms in total. The lowest BCUT2D eigenvalue weighted by Crippen LogP contribution is -2.24. The van der Waals surface area contributed by atoms with Crippen molar-refractivity contribution < 1.29 is 17.9 Å². The fourth-order valence-electron chi connectivity index (χ4n) is 5.00. The maximum Gasteiger partial charge on any atom is 0.360 e. The van der Waals surface area contributed by atoms with E-state index in [4.69, 9.17) is 4.74 Å². The molecule has 1 aliphatic rings. The average molecular weight is 461 g/mol. The Bertz CT molecular complexity index is 838. The number of rotatable bonds is 12. The third-order valence-corrected chi connectivity index (χ3v) is 7.03. The third-order valence-electron chi connectivity index (χ3n) is 7.03. The van der Waals surface area contributed by atoms with Crippen LogP contribution >= 0.6 is 0 Å². The number of unbranched alkanes of at least 4 members (excludes halogenated alkanes) is 2. The number of alkyl halides is 2. The van der Waals surface area contributed by atoms with Crippen LogP contribution in [0.15, 0.2) is 42.5 Å². The molecular formula is C29H39F3O. The first-order valence-electron chi connectivity index (χ1n) is 12.8. The second kappa shape index (κ2) is 12.6. The Morgan fingerprint density at radius 3 is 2.21 bits per heavy atom. The lowest BCUT2D eigenvalue weighted by atomic mass is 9.77. The van der Waals surface area contributed by atoms with Crippen molar-refractivity contribution in [2.45, 2.75) is 103 Å². The van der Waals surface area contributed by atoms with Crippen molar-refractivity contribution in [1.29, 1.82) is 0 Å². The molecule has 0 atom stereocenters.